The highest BCUT2D eigenvalue weighted by Crippen LogP contribution is 2.32. The maximum Gasteiger partial charge on any atom is 0.219 e. The Balaban J connectivity index is 1.82. The molecule has 1 heterocycles. The number of piperidine rings is 1. The number of likely N-dealkylation sites (tertiary alicyclic amines) is 1. The number of alkyl halides is 1. The summed E-state index contributed by atoms with van der Waals surface area (Å²) in [6.07, 6.45) is 1.64. The molecule has 0 spiro atoms. The summed E-state index contributed by atoms with van der Waals surface area (Å²) < 4.78 is 31.6. The molecule has 1 saturated heterocycles. The number of hydrogen-bond acceptors (Lipinski definition) is 5. The number of nitrogens with zero attached hydrogens (tertiary/aromatic N) is 1. The Hall–Kier alpha value is -2.25. The van der Waals surface area contributed by atoms with Crippen LogP contribution in [0, 0.1) is 0 Å². The van der Waals surface area contributed by atoms with Crippen LogP contribution in [-0.4, -0.2) is 50.8 Å². The highest BCUT2D eigenvalue weighted by molar-refractivity contribution is 7.91. The van der Waals surface area contributed by atoms with Gasteiger partial charge in [-0.3, -0.25) is 4.79 Å². The maximum absolute atomic E-state index is 12.9. The van der Waals surface area contributed by atoms with Gasteiger partial charge in [0.1, 0.15) is 12.4 Å². The predicted molar refractivity (Wildman–Crippen MR) is 113 cm³/mol. The van der Waals surface area contributed by atoms with Gasteiger partial charge in [-0.15, -0.1) is 11.6 Å². The average molecular weight is 437 g/mol. The summed E-state index contributed by atoms with van der Waals surface area (Å²) in [5, 5.41) is 3.44. The number of hydrogen-bond donors (Lipinski definition) is 1. The standard InChI is InChI=1S/C21H25ClN2O4S/c1-16(25)24-12-9-17(10-13-24)23-20-8-7-19(15-21(20)28-14-11-22)29(26,27)18-5-3-2-4-6-18/h2-8,15,17,23H,9-14H2,1H3. The van der Waals surface area contributed by atoms with E-state index in [4.69, 9.17) is 16.3 Å². The van der Waals surface area contributed by atoms with E-state index in [0.29, 0.717) is 24.7 Å². The van der Waals surface area contributed by atoms with Crippen molar-refractivity contribution in [2.24, 2.45) is 0 Å². The number of carbonyl (C=O) groups excluding carboxylic acids is 1. The quantitative estimate of drug-likeness (QED) is 0.671. The van der Waals surface area contributed by atoms with E-state index in [2.05, 4.69) is 5.32 Å². The van der Waals surface area contributed by atoms with Gasteiger partial charge < -0.3 is 15.0 Å². The SMILES string of the molecule is CC(=O)N1CCC(Nc2ccc(S(=O)(=O)c3ccccc3)cc2OCCCl)CC1. The number of ether oxygens (including phenoxy) is 1. The average Bonchev–Trinajstić information content (AvgIpc) is 2.74. The molecular formula is C21H25ClN2O4S. The first-order valence-corrected chi connectivity index (χ1v) is 11.6. The molecule has 1 aliphatic rings. The van der Waals surface area contributed by atoms with Crippen LogP contribution in [0.2, 0.25) is 0 Å². The second-order valence-electron chi connectivity index (χ2n) is 6.94. The summed E-state index contributed by atoms with van der Waals surface area (Å²) in [5.41, 5.74) is 0.725. The van der Waals surface area contributed by atoms with E-state index in [1.807, 2.05) is 4.90 Å². The zero-order valence-corrected chi connectivity index (χ0v) is 17.9. The van der Waals surface area contributed by atoms with E-state index in [0.717, 1.165) is 18.5 Å². The van der Waals surface area contributed by atoms with E-state index in [9.17, 15) is 13.2 Å². The topological polar surface area (TPSA) is 75.7 Å². The third kappa shape index (κ3) is 5.22. The summed E-state index contributed by atoms with van der Waals surface area (Å²) in [6.45, 7) is 3.25. The Morgan fingerprint density at radius 1 is 1.14 bits per heavy atom. The van der Waals surface area contributed by atoms with Crippen LogP contribution in [0.1, 0.15) is 19.8 Å². The highest BCUT2D eigenvalue weighted by Gasteiger charge is 2.23. The Morgan fingerprint density at radius 2 is 1.83 bits per heavy atom. The second kappa shape index (κ2) is 9.50. The van der Waals surface area contributed by atoms with E-state index in [1.165, 1.54) is 0 Å². The fourth-order valence-electron chi connectivity index (χ4n) is 3.35. The van der Waals surface area contributed by atoms with Gasteiger partial charge >= 0.3 is 0 Å². The minimum atomic E-state index is -3.64. The van der Waals surface area contributed by atoms with E-state index in [-0.39, 0.29) is 28.3 Å². The van der Waals surface area contributed by atoms with Gasteiger partial charge in [-0.2, -0.15) is 0 Å². The van der Waals surface area contributed by atoms with Crippen LogP contribution in [0.3, 0.4) is 0 Å². The maximum atomic E-state index is 12.9. The number of benzene rings is 2. The third-order valence-electron chi connectivity index (χ3n) is 4.95. The van der Waals surface area contributed by atoms with E-state index < -0.39 is 9.84 Å². The lowest BCUT2D eigenvalue weighted by atomic mass is 10.0. The first-order valence-electron chi connectivity index (χ1n) is 9.57. The molecule has 3 rings (SSSR count). The fraction of sp³-hybridized carbons (Fsp3) is 0.381. The van der Waals surface area contributed by atoms with Crippen molar-refractivity contribution in [1.29, 1.82) is 0 Å². The Kier molecular flexibility index (Phi) is 7.03. The molecule has 0 aliphatic carbocycles. The number of sulfone groups is 1. The molecule has 0 unspecified atom stereocenters. The molecule has 0 saturated carbocycles. The van der Waals surface area contributed by atoms with Crippen molar-refractivity contribution in [1.82, 2.24) is 4.90 Å². The lowest BCUT2D eigenvalue weighted by Gasteiger charge is -2.32. The van der Waals surface area contributed by atoms with Crippen molar-refractivity contribution in [3.8, 4) is 5.75 Å². The molecule has 1 amide bonds. The molecular weight excluding hydrogens is 412 g/mol. The number of amides is 1. The van der Waals surface area contributed by atoms with Gasteiger partial charge in [0.25, 0.3) is 0 Å². The second-order valence-corrected chi connectivity index (χ2v) is 9.26. The number of nitrogens with one attached hydrogen (secondary N) is 1. The molecule has 2 aromatic carbocycles. The molecule has 6 nitrogen and oxygen atoms in total. The van der Waals surface area contributed by atoms with Crippen molar-refractivity contribution in [3.63, 3.8) is 0 Å². The molecule has 1 aliphatic heterocycles. The van der Waals surface area contributed by atoms with Crippen molar-refractivity contribution < 1.29 is 17.9 Å². The van der Waals surface area contributed by atoms with Crippen molar-refractivity contribution in [2.75, 3.05) is 30.9 Å². The lowest BCUT2D eigenvalue weighted by molar-refractivity contribution is -0.129. The zero-order chi connectivity index (χ0) is 20.9. The number of halogens is 1. The summed E-state index contributed by atoms with van der Waals surface area (Å²) in [5.74, 6) is 0.841. The molecule has 1 fully saturated rings. The minimum Gasteiger partial charge on any atom is -0.490 e. The zero-order valence-electron chi connectivity index (χ0n) is 16.3. The van der Waals surface area contributed by atoms with Crippen LogP contribution in [0.25, 0.3) is 0 Å². The molecule has 0 atom stereocenters. The summed E-state index contributed by atoms with van der Waals surface area (Å²) in [4.78, 5) is 13.7. The largest absolute Gasteiger partial charge is 0.490 e. The molecule has 0 bridgehead atoms. The van der Waals surface area contributed by atoms with Crippen molar-refractivity contribution in [3.05, 3.63) is 48.5 Å². The molecule has 0 aromatic heterocycles. The monoisotopic (exact) mass is 436 g/mol. The number of anilines is 1. The molecule has 1 N–H and O–H groups in total. The van der Waals surface area contributed by atoms with Gasteiger partial charge in [0.2, 0.25) is 15.7 Å². The predicted octanol–water partition coefficient (Wildman–Crippen LogP) is 3.56. The van der Waals surface area contributed by atoms with Crippen LogP contribution in [0.4, 0.5) is 5.69 Å². The van der Waals surface area contributed by atoms with E-state index >= 15 is 0 Å². The first-order chi connectivity index (χ1) is 13.9. The van der Waals surface area contributed by atoms with Crippen LogP contribution < -0.4 is 10.1 Å². The van der Waals surface area contributed by atoms with Crippen LogP contribution in [0.5, 0.6) is 5.75 Å². The smallest absolute Gasteiger partial charge is 0.219 e. The lowest BCUT2D eigenvalue weighted by Crippen LogP contribution is -2.41. The minimum absolute atomic E-state index is 0.0880. The van der Waals surface area contributed by atoms with Crippen molar-refractivity contribution in [2.45, 2.75) is 35.6 Å². The Labute approximate surface area is 176 Å². The van der Waals surface area contributed by atoms with Crippen LogP contribution >= 0.6 is 11.6 Å². The molecule has 2 aromatic rings. The normalized spacial score (nSPS) is 15.2. The molecule has 8 heteroatoms. The highest BCUT2D eigenvalue weighted by atomic mass is 35.5. The summed E-state index contributed by atoms with van der Waals surface area (Å²) >= 11 is 5.77. The molecule has 0 radical (unpaired) electrons. The van der Waals surface area contributed by atoms with Gasteiger partial charge in [0.15, 0.2) is 0 Å². The summed E-state index contributed by atoms with van der Waals surface area (Å²) in [7, 11) is -3.64. The molecule has 29 heavy (non-hydrogen) atoms. The van der Waals surface area contributed by atoms with Crippen molar-refractivity contribution >= 4 is 33.0 Å². The van der Waals surface area contributed by atoms with Gasteiger partial charge in [-0.05, 0) is 37.1 Å². The molecule has 156 valence electrons. The summed E-state index contributed by atoms with van der Waals surface area (Å²) in [6, 6.07) is 13.4. The van der Waals surface area contributed by atoms with Crippen LogP contribution in [0.15, 0.2) is 58.3 Å². The van der Waals surface area contributed by atoms with Gasteiger partial charge in [0.05, 0.1) is 21.4 Å². The number of carbonyl (C=O) groups is 1. The van der Waals surface area contributed by atoms with E-state index in [1.54, 1.807) is 55.5 Å². The Morgan fingerprint density at radius 3 is 2.45 bits per heavy atom. The fourth-order valence-corrected chi connectivity index (χ4v) is 4.73. The number of rotatable bonds is 7. The van der Waals surface area contributed by atoms with Gasteiger partial charge in [0, 0.05) is 32.1 Å². The third-order valence-corrected chi connectivity index (χ3v) is 6.87. The van der Waals surface area contributed by atoms with Gasteiger partial charge in [-0.1, -0.05) is 18.2 Å². The Bertz CT molecular complexity index is 942. The van der Waals surface area contributed by atoms with Crippen LogP contribution in [-0.2, 0) is 14.6 Å². The van der Waals surface area contributed by atoms with Gasteiger partial charge in [-0.25, -0.2) is 8.42 Å². The first kappa shape index (κ1) is 21.5.